The average molecular weight is 527 g/mol. The van der Waals surface area contributed by atoms with Crippen LogP contribution in [0, 0.1) is 18.8 Å². The Morgan fingerprint density at radius 2 is 1.75 bits per heavy atom. The SMILES string of the molecule is CC[C@@H]1CC(CS(=O)(=O)C2CC2)C[C@@H]1n1cnc2cnc3c(ccn3S(=O)(=O)c3ccc(C)cc3)c21. The Kier molecular flexibility index (Phi) is 5.53. The lowest BCUT2D eigenvalue weighted by Gasteiger charge is -2.20. The normalized spacial score (nSPS) is 23.1. The van der Waals surface area contributed by atoms with Gasteiger partial charge in [0.25, 0.3) is 10.0 Å². The summed E-state index contributed by atoms with van der Waals surface area (Å²) in [5.74, 6) is 0.731. The first-order valence-corrected chi connectivity index (χ1v) is 15.7. The molecule has 0 bridgehead atoms. The fourth-order valence-corrected chi connectivity index (χ4v) is 9.24. The molecule has 2 fully saturated rings. The molecule has 2 aliphatic rings. The minimum Gasteiger partial charge on any atom is -0.327 e. The molecule has 1 aromatic carbocycles. The molecule has 8 nitrogen and oxygen atoms in total. The van der Waals surface area contributed by atoms with E-state index < -0.39 is 19.9 Å². The number of benzene rings is 1. The van der Waals surface area contributed by atoms with Crippen LogP contribution in [0.4, 0.5) is 0 Å². The van der Waals surface area contributed by atoms with Crippen molar-refractivity contribution in [2.24, 2.45) is 11.8 Å². The van der Waals surface area contributed by atoms with Gasteiger partial charge in [-0.15, -0.1) is 0 Å². The molecule has 0 radical (unpaired) electrons. The van der Waals surface area contributed by atoms with Crippen LogP contribution in [0.15, 0.2) is 53.9 Å². The summed E-state index contributed by atoms with van der Waals surface area (Å²) in [6.07, 6.45) is 9.20. The van der Waals surface area contributed by atoms with Crippen LogP contribution in [-0.4, -0.2) is 46.3 Å². The van der Waals surface area contributed by atoms with Crippen molar-refractivity contribution in [3.63, 3.8) is 0 Å². The van der Waals surface area contributed by atoms with Gasteiger partial charge in [-0.3, -0.25) is 0 Å². The van der Waals surface area contributed by atoms with Gasteiger partial charge in [0.2, 0.25) is 0 Å². The topological polar surface area (TPSA) is 104 Å². The second kappa shape index (κ2) is 8.41. The Balaban J connectivity index is 1.40. The maximum Gasteiger partial charge on any atom is 0.269 e. The number of nitrogens with zero attached hydrogens (tertiary/aromatic N) is 4. The van der Waals surface area contributed by atoms with E-state index in [2.05, 4.69) is 21.5 Å². The number of hydrogen-bond donors (Lipinski definition) is 0. The lowest BCUT2D eigenvalue weighted by atomic mass is 10.00. The largest absolute Gasteiger partial charge is 0.327 e. The summed E-state index contributed by atoms with van der Waals surface area (Å²) in [4.78, 5) is 9.27. The number of imidazole rings is 1. The quantitative estimate of drug-likeness (QED) is 0.352. The predicted molar refractivity (Wildman–Crippen MR) is 139 cm³/mol. The van der Waals surface area contributed by atoms with E-state index >= 15 is 0 Å². The average Bonchev–Trinajstić information content (AvgIpc) is 3.31. The molecular weight excluding hydrogens is 496 g/mol. The van der Waals surface area contributed by atoms with Gasteiger partial charge >= 0.3 is 0 Å². The van der Waals surface area contributed by atoms with Gasteiger partial charge in [-0.1, -0.05) is 31.0 Å². The van der Waals surface area contributed by atoms with E-state index in [-0.39, 0.29) is 27.9 Å². The zero-order chi connectivity index (χ0) is 25.2. The second-order valence-electron chi connectivity index (χ2n) is 10.4. The minimum atomic E-state index is -3.81. The molecule has 3 atom stereocenters. The van der Waals surface area contributed by atoms with Crippen molar-refractivity contribution in [1.82, 2.24) is 18.5 Å². The van der Waals surface area contributed by atoms with Crippen molar-refractivity contribution < 1.29 is 16.8 Å². The molecule has 6 rings (SSSR count). The van der Waals surface area contributed by atoms with Crippen molar-refractivity contribution in [2.45, 2.75) is 62.1 Å². The Morgan fingerprint density at radius 3 is 2.44 bits per heavy atom. The monoisotopic (exact) mass is 526 g/mol. The highest BCUT2D eigenvalue weighted by Crippen LogP contribution is 2.45. The third-order valence-corrected chi connectivity index (χ3v) is 12.0. The molecule has 36 heavy (non-hydrogen) atoms. The molecule has 2 saturated carbocycles. The van der Waals surface area contributed by atoms with Crippen LogP contribution in [0.5, 0.6) is 0 Å². The predicted octanol–water partition coefficient (Wildman–Crippen LogP) is 4.49. The van der Waals surface area contributed by atoms with Gasteiger partial charge in [-0.2, -0.15) is 0 Å². The highest BCUT2D eigenvalue weighted by atomic mass is 32.2. The Bertz CT molecular complexity index is 1670. The van der Waals surface area contributed by atoms with Crippen LogP contribution >= 0.6 is 0 Å². The summed E-state index contributed by atoms with van der Waals surface area (Å²) < 4.78 is 55.5. The molecule has 0 saturated heterocycles. The third kappa shape index (κ3) is 3.85. The third-order valence-electron chi connectivity index (χ3n) is 7.93. The maximum absolute atomic E-state index is 13.4. The minimum absolute atomic E-state index is 0.113. The zero-order valence-corrected chi connectivity index (χ0v) is 22.0. The first-order valence-electron chi connectivity index (χ1n) is 12.6. The van der Waals surface area contributed by atoms with Gasteiger partial charge in [0.1, 0.15) is 5.52 Å². The Labute approximate surface area is 211 Å². The van der Waals surface area contributed by atoms with Gasteiger partial charge in [-0.05, 0) is 62.6 Å². The molecule has 3 aromatic heterocycles. The van der Waals surface area contributed by atoms with Crippen LogP contribution in [0.2, 0.25) is 0 Å². The van der Waals surface area contributed by atoms with E-state index in [4.69, 9.17) is 0 Å². The van der Waals surface area contributed by atoms with Crippen molar-refractivity contribution in [3.8, 4) is 0 Å². The molecule has 1 unspecified atom stereocenters. The van der Waals surface area contributed by atoms with Gasteiger partial charge in [-0.25, -0.2) is 30.8 Å². The van der Waals surface area contributed by atoms with Crippen LogP contribution in [0.25, 0.3) is 22.1 Å². The first-order chi connectivity index (χ1) is 17.2. The lowest BCUT2D eigenvalue weighted by molar-refractivity contribution is 0.377. The number of aryl methyl sites for hydroxylation is 1. The molecule has 0 amide bonds. The van der Waals surface area contributed by atoms with Crippen molar-refractivity contribution in [2.75, 3.05) is 5.75 Å². The highest BCUT2D eigenvalue weighted by Gasteiger charge is 2.42. The van der Waals surface area contributed by atoms with Crippen LogP contribution < -0.4 is 0 Å². The summed E-state index contributed by atoms with van der Waals surface area (Å²) >= 11 is 0. The molecule has 190 valence electrons. The van der Waals surface area contributed by atoms with Crippen molar-refractivity contribution >= 4 is 41.9 Å². The van der Waals surface area contributed by atoms with Crippen LogP contribution in [0.3, 0.4) is 0 Å². The summed E-state index contributed by atoms with van der Waals surface area (Å²) in [7, 11) is -6.83. The number of fused-ring (bicyclic) bond motifs is 3. The van der Waals surface area contributed by atoms with Gasteiger partial charge < -0.3 is 4.57 Å². The number of sulfone groups is 1. The lowest BCUT2D eigenvalue weighted by Crippen LogP contribution is -2.18. The van der Waals surface area contributed by atoms with Crippen molar-refractivity contribution in [3.05, 3.63) is 54.6 Å². The van der Waals surface area contributed by atoms with E-state index in [1.54, 1.807) is 42.7 Å². The molecule has 2 aliphatic carbocycles. The Hall–Kier alpha value is -2.72. The van der Waals surface area contributed by atoms with Crippen molar-refractivity contribution in [1.29, 1.82) is 0 Å². The number of rotatable bonds is 7. The summed E-state index contributed by atoms with van der Waals surface area (Å²) in [5, 5.41) is 0.594. The van der Waals surface area contributed by atoms with E-state index in [0.29, 0.717) is 17.1 Å². The zero-order valence-electron chi connectivity index (χ0n) is 20.4. The molecule has 4 aromatic rings. The van der Waals surface area contributed by atoms with Gasteiger partial charge in [0, 0.05) is 17.6 Å². The number of hydrogen-bond acceptors (Lipinski definition) is 6. The Morgan fingerprint density at radius 1 is 1.00 bits per heavy atom. The number of pyridine rings is 1. The van der Waals surface area contributed by atoms with E-state index in [0.717, 1.165) is 48.6 Å². The molecule has 10 heteroatoms. The maximum atomic E-state index is 13.4. The molecule has 0 aliphatic heterocycles. The van der Waals surface area contributed by atoms with Crippen LogP contribution in [0.1, 0.15) is 50.6 Å². The summed E-state index contributed by atoms with van der Waals surface area (Å²) in [5.41, 5.74) is 2.91. The standard InChI is InChI=1S/C26H30N4O4S2/c1-3-19-12-18(15-35(31,32)20-8-9-20)13-24(19)29-16-28-23-14-27-26-22(25(23)29)10-11-30(26)36(33,34)21-6-4-17(2)5-7-21/h4-7,10-11,14,16,18-20,24H,3,8-9,12-13,15H2,1-2H3/t18?,19-,24+/m1/s1. The first kappa shape index (κ1) is 23.7. The smallest absolute Gasteiger partial charge is 0.269 e. The molecule has 0 N–H and O–H groups in total. The van der Waals surface area contributed by atoms with Gasteiger partial charge in [0.05, 0.1) is 33.9 Å². The molecule has 3 heterocycles. The van der Waals surface area contributed by atoms with Crippen LogP contribution in [-0.2, 0) is 19.9 Å². The highest BCUT2D eigenvalue weighted by molar-refractivity contribution is 7.92. The summed E-state index contributed by atoms with van der Waals surface area (Å²) in [6.45, 7) is 4.07. The van der Waals surface area contributed by atoms with E-state index in [1.807, 2.05) is 13.3 Å². The second-order valence-corrected chi connectivity index (χ2v) is 14.6. The molecular formula is C26H30N4O4S2. The summed E-state index contributed by atoms with van der Waals surface area (Å²) in [6, 6.07) is 8.69. The van der Waals surface area contributed by atoms with Gasteiger partial charge in [0.15, 0.2) is 15.5 Å². The van der Waals surface area contributed by atoms with E-state index in [1.165, 1.54) is 3.97 Å². The molecule has 0 spiro atoms. The number of aromatic nitrogens is 4. The fourth-order valence-electron chi connectivity index (χ4n) is 5.88. The fraction of sp³-hybridized carbons (Fsp3) is 0.462. The van der Waals surface area contributed by atoms with E-state index in [9.17, 15) is 16.8 Å².